The molecule has 1 aromatic rings. The molecular formula is C14H19F2N. The van der Waals surface area contributed by atoms with Gasteiger partial charge in [-0.1, -0.05) is 37.8 Å². The van der Waals surface area contributed by atoms with Crippen LogP contribution in [0.25, 0.3) is 0 Å². The maximum atomic E-state index is 13.4. The van der Waals surface area contributed by atoms with Gasteiger partial charge in [0.05, 0.1) is 0 Å². The normalized spacial score (nSPS) is 18.0. The molecule has 0 heterocycles. The van der Waals surface area contributed by atoms with Crippen LogP contribution in [0.4, 0.5) is 8.78 Å². The van der Waals surface area contributed by atoms with Crippen molar-refractivity contribution in [3.63, 3.8) is 0 Å². The van der Waals surface area contributed by atoms with Gasteiger partial charge >= 0.3 is 0 Å². The highest BCUT2D eigenvalue weighted by Gasteiger charge is 2.13. The van der Waals surface area contributed by atoms with Crippen LogP contribution in [0.2, 0.25) is 0 Å². The lowest BCUT2D eigenvalue weighted by Crippen LogP contribution is -2.28. The van der Waals surface area contributed by atoms with Gasteiger partial charge in [0.2, 0.25) is 0 Å². The molecular weight excluding hydrogens is 220 g/mol. The van der Waals surface area contributed by atoms with Crippen LogP contribution in [0, 0.1) is 11.6 Å². The van der Waals surface area contributed by atoms with Gasteiger partial charge in [0, 0.05) is 18.2 Å². The third-order valence-electron chi connectivity index (χ3n) is 3.47. The second-order valence-electron chi connectivity index (χ2n) is 4.78. The van der Waals surface area contributed by atoms with E-state index in [1.165, 1.54) is 25.7 Å². The SMILES string of the molecule is Fc1cccc(CNC2CCCCCC2)c1F. The van der Waals surface area contributed by atoms with Crippen molar-refractivity contribution in [3.8, 4) is 0 Å². The monoisotopic (exact) mass is 239 g/mol. The molecule has 1 aromatic carbocycles. The zero-order valence-corrected chi connectivity index (χ0v) is 10.0. The molecule has 1 fully saturated rings. The van der Waals surface area contributed by atoms with Gasteiger partial charge in [-0.2, -0.15) is 0 Å². The average Bonchev–Trinajstić information content (AvgIpc) is 2.59. The Morgan fingerprint density at radius 1 is 1.06 bits per heavy atom. The number of hydrogen-bond acceptors (Lipinski definition) is 1. The van der Waals surface area contributed by atoms with Crippen LogP contribution < -0.4 is 5.32 Å². The first kappa shape index (κ1) is 12.5. The number of nitrogens with one attached hydrogen (secondary N) is 1. The van der Waals surface area contributed by atoms with E-state index in [1.54, 1.807) is 12.1 Å². The van der Waals surface area contributed by atoms with Crippen molar-refractivity contribution >= 4 is 0 Å². The first-order valence-electron chi connectivity index (χ1n) is 6.43. The Morgan fingerprint density at radius 3 is 2.47 bits per heavy atom. The lowest BCUT2D eigenvalue weighted by atomic mass is 10.1. The zero-order valence-electron chi connectivity index (χ0n) is 10.0. The van der Waals surface area contributed by atoms with E-state index < -0.39 is 11.6 Å². The molecule has 0 unspecified atom stereocenters. The molecule has 0 aliphatic heterocycles. The minimum Gasteiger partial charge on any atom is -0.310 e. The van der Waals surface area contributed by atoms with Gasteiger partial charge in [-0.25, -0.2) is 8.78 Å². The summed E-state index contributed by atoms with van der Waals surface area (Å²) in [5, 5.41) is 3.34. The van der Waals surface area contributed by atoms with E-state index in [2.05, 4.69) is 5.32 Å². The van der Waals surface area contributed by atoms with Crippen LogP contribution in [-0.2, 0) is 6.54 Å². The van der Waals surface area contributed by atoms with Crippen LogP contribution in [0.3, 0.4) is 0 Å². The highest BCUT2D eigenvalue weighted by Crippen LogP contribution is 2.18. The third kappa shape index (κ3) is 3.50. The van der Waals surface area contributed by atoms with Crippen LogP contribution >= 0.6 is 0 Å². The topological polar surface area (TPSA) is 12.0 Å². The summed E-state index contributed by atoms with van der Waals surface area (Å²) in [7, 11) is 0. The maximum Gasteiger partial charge on any atom is 0.163 e. The zero-order chi connectivity index (χ0) is 12.1. The Labute approximate surface area is 101 Å². The van der Waals surface area contributed by atoms with E-state index in [1.807, 2.05) is 0 Å². The van der Waals surface area contributed by atoms with Crippen molar-refractivity contribution in [3.05, 3.63) is 35.4 Å². The van der Waals surface area contributed by atoms with Crippen LogP contribution in [0.1, 0.15) is 44.1 Å². The molecule has 0 amide bonds. The van der Waals surface area contributed by atoms with Gasteiger partial charge in [0.25, 0.3) is 0 Å². The lowest BCUT2D eigenvalue weighted by Gasteiger charge is -2.16. The largest absolute Gasteiger partial charge is 0.310 e. The Kier molecular flexibility index (Phi) is 4.49. The molecule has 3 heteroatoms. The van der Waals surface area contributed by atoms with Crippen molar-refractivity contribution in [2.24, 2.45) is 0 Å². The van der Waals surface area contributed by atoms with Crippen molar-refractivity contribution in [2.45, 2.75) is 51.1 Å². The summed E-state index contributed by atoms with van der Waals surface area (Å²) in [6, 6.07) is 4.81. The first-order chi connectivity index (χ1) is 8.27. The van der Waals surface area contributed by atoms with E-state index in [-0.39, 0.29) is 0 Å². The van der Waals surface area contributed by atoms with Crippen molar-refractivity contribution in [2.75, 3.05) is 0 Å². The molecule has 0 radical (unpaired) electrons. The second kappa shape index (κ2) is 6.10. The van der Waals surface area contributed by atoms with E-state index in [9.17, 15) is 8.78 Å². The smallest absolute Gasteiger partial charge is 0.163 e. The molecule has 0 saturated heterocycles. The van der Waals surface area contributed by atoms with E-state index in [4.69, 9.17) is 0 Å². The summed E-state index contributed by atoms with van der Waals surface area (Å²) in [6.07, 6.45) is 7.37. The number of halogens is 2. The number of hydrogen-bond donors (Lipinski definition) is 1. The van der Waals surface area contributed by atoms with Crippen molar-refractivity contribution in [1.82, 2.24) is 5.32 Å². The standard InChI is InChI=1S/C14H19F2N/c15-13-9-5-6-11(14(13)16)10-17-12-7-3-1-2-4-8-12/h5-6,9,12,17H,1-4,7-8,10H2. The Balaban J connectivity index is 1.90. The molecule has 0 spiro atoms. The predicted molar refractivity (Wildman–Crippen MR) is 64.7 cm³/mol. The molecule has 17 heavy (non-hydrogen) atoms. The van der Waals surface area contributed by atoms with Gasteiger partial charge in [0.15, 0.2) is 11.6 Å². The number of benzene rings is 1. The molecule has 1 N–H and O–H groups in total. The molecule has 1 aliphatic carbocycles. The van der Waals surface area contributed by atoms with E-state index in [0.717, 1.165) is 18.9 Å². The summed E-state index contributed by atoms with van der Waals surface area (Å²) in [5.41, 5.74) is 0.425. The Hall–Kier alpha value is -0.960. The summed E-state index contributed by atoms with van der Waals surface area (Å²) >= 11 is 0. The highest BCUT2D eigenvalue weighted by molar-refractivity contribution is 5.18. The van der Waals surface area contributed by atoms with Crippen LogP contribution in [0.5, 0.6) is 0 Å². The molecule has 94 valence electrons. The summed E-state index contributed by atoms with van der Waals surface area (Å²) < 4.78 is 26.4. The summed E-state index contributed by atoms with van der Waals surface area (Å²) in [4.78, 5) is 0. The van der Waals surface area contributed by atoms with Crippen molar-refractivity contribution in [1.29, 1.82) is 0 Å². The molecule has 2 rings (SSSR count). The predicted octanol–water partition coefficient (Wildman–Crippen LogP) is 3.78. The third-order valence-corrected chi connectivity index (χ3v) is 3.47. The van der Waals surface area contributed by atoms with Gasteiger partial charge in [-0.15, -0.1) is 0 Å². The molecule has 1 nitrogen and oxygen atoms in total. The fourth-order valence-corrected chi connectivity index (χ4v) is 2.42. The molecule has 1 aliphatic rings. The van der Waals surface area contributed by atoms with Gasteiger partial charge in [0.1, 0.15) is 0 Å². The molecule has 0 bridgehead atoms. The summed E-state index contributed by atoms with van der Waals surface area (Å²) in [6.45, 7) is 0.425. The highest BCUT2D eigenvalue weighted by atomic mass is 19.2. The van der Waals surface area contributed by atoms with Crippen LogP contribution in [0.15, 0.2) is 18.2 Å². The Bertz CT molecular complexity index is 357. The second-order valence-corrected chi connectivity index (χ2v) is 4.78. The molecule has 1 saturated carbocycles. The minimum absolute atomic E-state index is 0.425. The maximum absolute atomic E-state index is 13.4. The lowest BCUT2D eigenvalue weighted by molar-refractivity contribution is 0.443. The first-order valence-corrected chi connectivity index (χ1v) is 6.43. The minimum atomic E-state index is -0.759. The molecule has 0 atom stereocenters. The van der Waals surface area contributed by atoms with Gasteiger partial charge in [-0.3, -0.25) is 0 Å². The van der Waals surface area contributed by atoms with Gasteiger partial charge < -0.3 is 5.32 Å². The van der Waals surface area contributed by atoms with E-state index in [0.29, 0.717) is 18.2 Å². The number of rotatable bonds is 3. The fraction of sp³-hybridized carbons (Fsp3) is 0.571. The fourth-order valence-electron chi connectivity index (χ4n) is 2.42. The van der Waals surface area contributed by atoms with Crippen LogP contribution in [-0.4, -0.2) is 6.04 Å². The summed E-state index contributed by atoms with van der Waals surface area (Å²) in [5.74, 6) is -1.47. The van der Waals surface area contributed by atoms with Crippen molar-refractivity contribution < 1.29 is 8.78 Å². The van der Waals surface area contributed by atoms with E-state index >= 15 is 0 Å². The Morgan fingerprint density at radius 2 is 1.76 bits per heavy atom. The quantitative estimate of drug-likeness (QED) is 0.791. The van der Waals surface area contributed by atoms with Gasteiger partial charge in [-0.05, 0) is 18.9 Å². The molecule has 0 aromatic heterocycles. The average molecular weight is 239 g/mol.